The topological polar surface area (TPSA) is 25.2 Å². The van der Waals surface area contributed by atoms with Crippen LogP contribution in [0.4, 0.5) is 0 Å². The molecule has 1 aromatic heterocycles. The summed E-state index contributed by atoms with van der Waals surface area (Å²) in [5, 5.41) is 3.33. The first-order chi connectivity index (χ1) is 8.72. The molecule has 2 rings (SSSR count). The molecule has 0 saturated carbocycles. The summed E-state index contributed by atoms with van der Waals surface area (Å²) in [4.78, 5) is 0. The fourth-order valence-corrected chi connectivity index (χ4v) is 2.08. The molecule has 0 fully saturated rings. The summed E-state index contributed by atoms with van der Waals surface area (Å²) in [6, 6.07) is 13.1. The molecule has 0 bridgehead atoms. The zero-order valence-electron chi connectivity index (χ0n) is 11.4. The first-order valence-corrected chi connectivity index (χ1v) is 6.54. The molecule has 2 heteroatoms. The fraction of sp³-hybridized carbons (Fsp3) is 0.375. The van der Waals surface area contributed by atoms with E-state index in [-0.39, 0.29) is 6.04 Å². The van der Waals surface area contributed by atoms with E-state index in [0.29, 0.717) is 0 Å². The van der Waals surface area contributed by atoms with E-state index in [1.165, 1.54) is 11.1 Å². The molecule has 0 saturated heterocycles. The Bertz CT molecular complexity index is 484. The Labute approximate surface area is 109 Å². The maximum atomic E-state index is 5.82. The normalized spacial score (nSPS) is 12.6. The molecule has 2 aromatic rings. The Balaban J connectivity index is 2.11. The van der Waals surface area contributed by atoms with E-state index in [9.17, 15) is 0 Å². The highest BCUT2D eigenvalue weighted by molar-refractivity contribution is 5.23. The third-order valence-electron chi connectivity index (χ3n) is 3.28. The van der Waals surface area contributed by atoms with Crippen molar-refractivity contribution in [3.63, 3.8) is 0 Å². The summed E-state index contributed by atoms with van der Waals surface area (Å²) in [5.41, 5.74) is 2.63. The monoisotopic (exact) mass is 243 g/mol. The standard InChI is InChI=1S/C16H21NO/c1-4-14-9-10-16(18-14)15(17-3)11-13-7-5-12(2)6-8-13/h5-10,15,17H,4,11H2,1-3H3. The highest BCUT2D eigenvalue weighted by Crippen LogP contribution is 2.21. The van der Waals surface area contributed by atoms with E-state index in [1.807, 2.05) is 7.05 Å². The molecule has 96 valence electrons. The van der Waals surface area contributed by atoms with Crippen LogP contribution in [-0.4, -0.2) is 7.05 Å². The molecule has 0 radical (unpaired) electrons. The van der Waals surface area contributed by atoms with E-state index >= 15 is 0 Å². The molecule has 0 amide bonds. The van der Waals surface area contributed by atoms with Crippen molar-refractivity contribution in [2.24, 2.45) is 0 Å². The van der Waals surface area contributed by atoms with Gasteiger partial charge in [-0.3, -0.25) is 0 Å². The van der Waals surface area contributed by atoms with Crippen molar-refractivity contribution in [2.75, 3.05) is 7.05 Å². The van der Waals surface area contributed by atoms with Gasteiger partial charge in [0, 0.05) is 6.42 Å². The van der Waals surface area contributed by atoms with Crippen LogP contribution in [0.15, 0.2) is 40.8 Å². The number of nitrogens with one attached hydrogen (secondary N) is 1. The van der Waals surface area contributed by atoms with Gasteiger partial charge in [-0.25, -0.2) is 0 Å². The molecule has 0 aliphatic rings. The lowest BCUT2D eigenvalue weighted by Gasteiger charge is -2.14. The number of aryl methyl sites for hydroxylation is 2. The average Bonchev–Trinajstić information content (AvgIpc) is 2.87. The van der Waals surface area contributed by atoms with Crippen LogP contribution in [-0.2, 0) is 12.8 Å². The first-order valence-electron chi connectivity index (χ1n) is 6.54. The molecule has 0 spiro atoms. The molecule has 1 aromatic carbocycles. The van der Waals surface area contributed by atoms with Crippen LogP contribution in [0.3, 0.4) is 0 Å². The van der Waals surface area contributed by atoms with E-state index < -0.39 is 0 Å². The average molecular weight is 243 g/mol. The first kappa shape index (κ1) is 12.9. The van der Waals surface area contributed by atoms with Gasteiger partial charge in [0.25, 0.3) is 0 Å². The Morgan fingerprint density at radius 2 is 1.83 bits per heavy atom. The fourth-order valence-electron chi connectivity index (χ4n) is 2.08. The van der Waals surface area contributed by atoms with Crippen molar-refractivity contribution < 1.29 is 4.42 Å². The summed E-state index contributed by atoms with van der Waals surface area (Å²) in [7, 11) is 1.98. The minimum absolute atomic E-state index is 0.244. The van der Waals surface area contributed by atoms with Gasteiger partial charge in [0.1, 0.15) is 11.5 Å². The molecule has 1 unspecified atom stereocenters. The Morgan fingerprint density at radius 3 is 2.39 bits per heavy atom. The summed E-state index contributed by atoms with van der Waals surface area (Å²) in [6.07, 6.45) is 1.90. The Hall–Kier alpha value is -1.54. The maximum absolute atomic E-state index is 5.82. The van der Waals surface area contributed by atoms with Gasteiger partial charge in [-0.2, -0.15) is 0 Å². The molecule has 18 heavy (non-hydrogen) atoms. The van der Waals surface area contributed by atoms with Gasteiger partial charge in [-0.05, 0) is 38.1 Å². The highest BCUT2D eigenvalue weighted by atomic mass is 16.3. The van der Waals surface area contributed by atoms with E-state index in [4.69, 9.17) is 4.42 Å². The van der Waals surface area contributed by atoms with Crippen molar-refractivity contribution in [1.29, 1.82) is 0 Å². The largest absolute Gasteiger partial charge is 0.464 e. The number of hydrogen-bond acceptors (Lipinski definition) is 2. The molecule has 1 N–H and O–H groups in total. The van der Waals surface area contributed by atoms with E-state index in [0.717, 1.165) is 24.4 Å². The van der Waals surface area contributed by atoms with Crippen molar-refractivity contribution in [3.05, 3.63) is 59.0 Å². The Morgan fingerprint density at radius 1 is 1.11 bits per heavy atom. The SMILES string of the molecule is CCc1ccc(C(Cc2ccc(C)cc2)NC)o1. The molecule has 0 aliphatic carbocycles. The summed E-state index contributed by atoms with van der Waals surface area (Å²) >= 11 is 0. The smallest absolute Gasteiger partial charge is 0.121 e. The van der Waals surface area contributed by atoms with E-state index in [1.54, 1.807) is 0 Å². The molecule has 2 nitrogen and oxygen atoms in total. The van der Waals surface area contributed by atoms with Crippen LogP contribution in [0.2, 0.25) is 0 Å². The molecule has 1 heterocycles. The molecular weight excluding hydrogens is 222 g/mol. The zero-order chi connectivity index (χ0) is 13.0. The van der Waals surface area contributed by atoms with Gasteiger partial charge in [-0.1, -0.05) is 36.8 Å². The number of benzene rings is 1. The number of hydrogen-bond donors (Lipinski definition) is 1. The van der Waals surface area contributed by atoms with Gasteiger partial charge in [0.15, 0.2) is 0 Å². The minimum Gasteiger partial charge on any atom is -0.464 e. The number of rotatable bonds is 5. The molecular formula is C16H21NO. The van der Waals surface area contributed by atoms with Crippen LogP contribution >= 0.6 is 0 Å². The number of likely N-dealkylation sites (N-methyl/N-ethyl adjacent to an activating group) is 1. The van der Waals surface area contributed by atoms with Crippen molar-refractivity contribution in [3.8, 4) is 0 Å². The third kappa shape index (κ3) is 3.02. The van der Waals surface area contributed by atoms with Crippen LogP contribution in [0, 0.1) is 6.92 Å². The number of furan rings is 1. The summed E-state index contributed by atoms with van der Waals surface area (Å²) in [6.45, 7) is 4.22. The van der Waals surface area contributed by atoms with Crippen LogP contribution in [0.1, 0.15) is 35.6 Å². The molecule has 1 atom stereocenters. The predicted octanol–water partition coefficient (Wildman–Crippen LogP) is 3.65. The van der Waals surface area contributed by atoms with Crippen LogP contribution in [0.5, 0.6) is 0 Å². The van der Waals surface area contributed by atoms with Crippen LogP contribution in [0.25, 0.3) is 0 Å². The second-order valence-electron chi connectivity index (χ2n) is 4.69. The lowest BCUT2D eigenvalue weighted by Crippen LogP contribution is -2.18. The van der Waals surface area contributed by atoms with Gasteiger partial charge < -0.3 is 9.73 Å². The summed E-state index contributed by atoms with van der Waals surface area (Å²) < 4.78 is 5.82. The quantitative estimate of drug-likeness (QED) is 0.867. The second-order valence-corrected chi connectivity index (χ2v) is 4.69. The highest BCUT2D eigenvalue weighted by Gasteiger charge is 2.14. The minimum atomic E-state index is 0.244. The predicted molar refractivity (Wildman–Crippen MR) is 74.8 cm³/mol. The van der Waals surface area contributed by atoms with Crippen molar-refractivity contribution >= 4 is 0 Å². The lowest BCUT2D eigenvalue weighted by atomic mass is 10.0. The van der Waals surface area contributed by atoms with Crippen LogP contribution < -0.4 is 5.32 Å². The molecule has 0 aliphatic heterocycles. The lowest BCUT2D eigenvalue weighted by molar-refractivity contribution is 0.407. The third-order valence-corrected chi connectivity index (χ3v) is 3.28. The Kier molecular flexibility index (Phi) is 4.21. The second kappa shape index (κ2) is 5.87. The zero-order valence-corrected chi connectivity index (χ0v) is 11.4. The summed E-state index contributed by atoms with van der Waals surface area (Å²) in [5.74, 6) is 2.07. The van der Waals surface area contributed by atoms with Gasteiger partial charge in [0.05, 0.1) is 6.04 Å². The van der Waals surface area contributed by atoms with Crippen molar-refractivity contribution in [1.82, 2.24) is 5.32 Å². The maximum Gasteiger partial charge on any atom is 0.121 e. The van der Waals surface area contributed by atoms with Gasteiger partial charge in [0.2, 0.25) is 0 Å². The van der Waals surface area contributed by atoms with Gasteiger partial charge in [-0.15, -0.1) is 0 Å². The van der Waals surface area contributed by atoms with E-state index in [2.05, 4.69) is 55.6 Å². The van der Waals surface area contributed by atoms with Crippen molar-refractivity contribution in [2.45, 2.75) is 32.7 Å². The van der Waals surface area contributed by atoms with Gasteiger partial charge >= 0.3 is 0 Å².